The fourth-order valence-electron chi connectivity index (χ4n) is 1.41. The maximum atomic E-state index is 6.14. The normalized spacial score (nSPS) is 21.7. The van der Waals surface area contributed by atoms with Gasteiger partial charge in [-0.1, -0.05) is 76.7 Å². The first-order valence-corrected chi connectivity index (χ1v) is 5.51. The summed E-state index contributed by atoms with van der Waals surface area (Å²) in [5.74, 6) is 0. The minimum atomic E-state index is -1.30. The third-order valence-electron chi connectivity index (χ3n) is 2.19. The lowest BCUT2D eigenvalue weighted by atomic mass is 9.96. The molecular weight excluding hydrogens is 262 g/mol. The molecule has 0 aromatic heterocycles. The van der Waals surface area contributed by atoms with Crippen LogP contribution < -0.4 is 0 Å². The quantitative estimate of drug-likeness (QED) is 0.607. The van der Waals surface area contributed by atoms with Crippen molar-refractivity contribution in [1.82, 2.24) is 0 Å². The Labute approximate surface area is 102 Å². The van der Waals surface area contributed by atoms with E-state index in [-0.39, 0.29) is 0 Å². The maximum Gasteiger partial charge on any atom is 0.180 e. The lowest BCUT2D eigenvalue weighted by molar-refractivity contribution is 0.801. The first-order valence-electron chi connectivity index (χ1n) is 3.99. The molecule has 0 saturated carbocycles. The zero-order valence-corrected chi connectivity index (χ0v) is 10.00. The predicted molar refractivity (Wildman–Crippen MR) is 63.3 cm³/mol. The number of halogens is 4. The number of rotatable bonds is 0. The van der Waals surface area contributed by atoms with Crippen LogP contribution in [0.2, 0.25) is 0 Å². The molecular formula is C10H6Cl4. The number of allylic oxidation sites excluding steroid dienone is 1. The van der Waals surface area contributed by atoms with Crippen molar-refractivity contribution >= 4 is 52.5 Å². The van der Waals surface area contributed by atoms with E-state index in [1.54, 1.807) is 6.08 Å². The van der Waals surface area contributed by atoms with E-state index in [2.05, 4.69) is 0 Å². The molecule has 0 atom stereocenters. The van der Waals surface area contributed by atoms with Gasteiger partial charge in [0, 0.05) is 0 Å². The number of benzene rings is 1. The zero-order chi connectivity index (χ0) is 10.4. The predicted octanol–water partition coefficient (Wildman–Crippen LogP) is 4.52. The fraction of sp³-hybridized carbons (Fsp3) is 0.200. The Bertz CT molecular complexity index is 393. The van der Waals surface area contributed by atoms with Gasteiger partial charge in [-0.2, -0.15) is 0 Å². The zero-order valence-electron chi connectivity index (χ0n) is 6.98. The average Bonchev–Trinajstić information content (AvgIpc) is 2.13. The van der Waals surface area contributed by atoms with Crippen LogP contribution in [-0.2, 0) is 4.33 Å². The fourth-order valence-corrected chi connectivity index (χ4v) is 2.21. The Balaban J connectivity index is 2.66. The standard InChI is InChI=1S/C10H6Cl4/c11-9(12)6-5-7-3-1-2-4-8(7)10(9,13)14/h1-6H. The van der Waals surface area contributed by atoms with Gasteiger partial charge in [0.1, 0.15) is 0 Å². The molecule has 14 heavy (non-hydrogen) atoms. The molecule has 0 heterocycles. The molecule has 1 aromatic carbocycles. The van der Waals surface area contributed by atoms with Gasteiger partial charge in [0.2, 0.25) is 0 Å². The summed E-state index contributed by atoms with van der Waals surface area (Å²) in [5, 5.41) is 0. The van der Waals surface area contributed by atoms with Gasteiger partial charge in [-0.25, -0.2) is 0 Å². The van der Waals surface area contributed by atoms with Crippen molar-refractivity contribution in [3.8, 4) is 0 Å². The minimum absolute atomic E-state index is 0.732. The van der Waals surface area contributed by atoms with Crippen molar-refractivity contribution in [3.63, 3.8) is 0 Å². The molecule has 0 radical (unpaired) electrons. The largest absolute Gasteiger partial charge is 0.180 e. The smallest absolute Gasteiger partial charge is 0.0932 e. The first kappa shape index (κ1) is 10.6. The van der Waals surface area contributed by atoms with Gasteiger partial charge in [0.05, 0.1) is 0 Å². The second kappa shape index (κ2) is 3.31. The van der Waals surface area contributed by atoms with Gasteiger partial charge in [0.15, 0.2) is 8.67 Å². The number of hydrogen-bond donors (Lipinski definition) is 0. The van der Waals surface area contributed by atoms with Crippen LogP contribution in [0.1, 0.15) is 11.1 Å². The van der Waals surface area contributed by atoms with Gasteiger partial charge in [0.25, 0.3) is 0 Å². The van der Waals surface area contributed by atoms with E-state index in [4.69, 9.17) is 46.4 Å². The number of alkyl halides is 4. The number of hydrogen-bond acceptors (Lipinski definition) is 0. The van der Waals surface area contributed by atoms with E-state index in [0.717, 1.165) is 11.1 Å². The highest BCUT2D eigenvalue weighted by atomic mass is 35.5. The SMILES string of the molecule is ClC1(Cl)C=Cc2ccccc2C1(Cl)Cl. The molecule has 1 aliphatic rings. The second-order valence-electron chi connectivity index (χ2n) is 3.12. The van der Waals surface area contributed by atoms with Crippen LogP contribution in [0.25, 0.3) is 6.08 Å². The van der Waals surface area contributed by atoms with Crippen LogP contribution in [0.3, 0.4) is 0 Å². The van der Waals surface area contributed by atoms with Crippen molar-refractivity contribution in [2.45, 2.75) is 8.67 Å². The molecule has 0 unspecified atom stereocenters. The monoisotopic (exact) mass is 266 g/mol. The van der Waals surface area contributed by atoms with E-state index >= 15 is 0 Å². The molecule has 0 N–H and O–H groups in total. The highest BCUT2D eigenvalue weighted by molar-refractivity contribution is 6.63. The van der Waals surface area contributed by atoms with Gasteiger partial charge >= 0.3 is 0 Å². The van der Waals surface area contributed by atoms with E-state index < -0.39 is 8.67 Å². The Morgan fingerprint density at radius 1 is 0.929 bits per heavy atom. The van der Waals surface area contributed by atoms with E-state index in [1.165, 1.54) is 0 Å². The van der Waals surface area contributed by atoms with Gasteiger partial charge in [-0.15, -0.1) is 0 Å². The van der Waals surface area contributed by atoms with E-state index in [0.29, 0.717) is 0 Å². The molecule has 1 aromatic rings. The Morgan fingerprint density at radius 3 is 2.29 bits per heavy atom. The van der Waals surface area contributed by atoms with E-state index in [9.17, 15) is 0 Å². The Kier molecular flexibility index (Phi) is 2.52. The van der Waals surface area contributed by atoms with E-state index in [1.807, 2.05) is 30.3 Å². The van der Waals surface area contributed by atoms with Crippen LogP contribution in [-0.4, -0.2) is 4.33 Å². The summed E-state index contributed by atoms with van der Waals surface area (Å²) >= 11 is 24.3. The lowest BCUT2D eigenvalue weighted by Crippen LogP contribution is -2.34. The molecule has 4 heteroatoms. The summed E-state index contributed by atoms with van der Waals surface area (Å²) < 4.78 is -2.59. The summed E-state index contributed by atoms with van der Waals surface area (Å²) in [5.41, 5.74) is 1.67. The molecule has 2 rings (SSSR count). The van der Waals surface area contributed by atoms with Crippen LogP contribution in [0.4, 0.5) is 0 Å². The summed E-state index contributed by atoms with van der Waals surface area (Å²) in [6.07, 6.45) is 3.41. The molecule has 0 spiro atoms. The Hall–Kier alpha value is 0.120. The third kappa shape index (κ3) is 1.45. The van der Waals surface area contributed by atoms with Crippen LogP contribution in [0.15, 0.2) is 30.3 Å². The minimum Gasteiger partial charge on any atom is -0.0932 e. The average molecular weight is 268 g/mol. The molecule has 0 saturated heterocycles. The highest BCUT2D eigenvalue weighted by Gasteiger charge is 2.49. The molecule has 0 aliphatic heterocycles. The molecule has 0 fully saturated rings. The number of fused-ring (bicyclic) bond motifs is 1. The van der Waals surface area contributed by atoms with Gasteiger partial charge in [-0.05, 0) is 17.2 Å². The molecule has 0 amide bonds. The second-order valence-corrected chi connectivity index (χ2v) is 5.83. The summed E-state index contributed by atoms with van der Waals surface area (Å²) in [6, 6.07) is 7.48. The molecule has 0 nitrogen and oxygen atoms in total. The lowest BCUT2D eigenvalue weighted by Gasteiger charge is -2.34. The summed E-state index contributed by atoms with van der Waals surface area (Å²) in [4.78, 5) is 0. The maximum absolute atomic E-state index is 6.14. The Morgan fingerprint density at radius 2 is 1.57 bits per heavy atom. The summed E-state index contributed by atoms with van der Waals surface area (Å²) in [7, 11) is 0. The van der Waals surface area contributed by atoms with Crippen LogP contribution in [0, 0.1) is 0 Å². The topological polar surface area (TPSA) is 0 Å². The van der Waals surface area contributed by atoms with Crippen LogP contribution >= 0.6 is 46.4 Å². The first-order chi connectivity index (χ1) is 6.45. The van der Waals surface area contributed by atoms with Gasteiger partial charge < -0.3 is 0 Å². The van der Waals surface area contributed by atoms with Crippen molar-refractivity contribution in [1.29, 1.82) is 0 Å². The van der Waals surface area contributed by atoms with Gasteiger partial charge in [-0.3, -0.25) is 0 Å². The molecule has 0 bridgehead atoms. The molecule has 74 valence electrons. The van der Waals surface area contributed by atoms with Crippen molar-refractivity contribution < 1.29 is 0 Å². The van der Waals surface area contributed by atoms with Crippen LogP contribution in [0.5, 0.6) is 0 Å². The third-order valence-corrected chi connectivity index (χ3v) is 4.40. The van der Waals surface area contributed by atoms with Crippen molar-refractivity contribution in [2.75, 3.05) is 0 Å². The summed E-state index contributed by atoms with van der Waals surface area (Å²) in [6.45, 7) is 0. The molecule has 1 aliphatic carbocycles. The highest BCUT2D eigenvalue weighted by Crippen LogP contribution is 2.54. The van der Waals surface area contributed by atoms with Crippen molar-refractivity contribution in [2.24, 2.45) is 0 Å². The van der Waals surface area contributed by atoms with Crippen molar-refractivity contribution in [3.05, 3.63) is 41.5 Å².